The highest BCUT2D eigenvalue weighted by atomic mass is 79.9. The molecule has 1 aromatic carbocycles. The molecule has 0 atom stereocenters. The van der Waals surface area contributed by atoms with Crippen molar-refractivity contribution in [3.8, 4) is 0 Å². The highest BCUT2D eigenvalue weighted by molar-refractivity contribution is 9.10. The zero-order chi connectivity index (χ0) is 17.5. The van der Waals surface area contributed by atoms with Crippen LogP contribution in [0.5, 0.6) is 0 Å². The quantitative estimate of drug-likeness (QED) is 0.616. The smallest absolute Gasteiger partial charge is 0.225 e. The summed E-state index contributed by atoms with van der Waals surface area (Å²) in [7, 11) is 0. The second kappa shape index (κ2) is 9.07. The number of carbonyl (C=O) groups excluding carboxylic acids is 1. The third-order valence-electron chi connectivity index (χ3n) is 4.13. The Bertz CT molecular complexity index is 646. The third-order valence-corrected chi connectivity index (χ3v) is 4.66. The van der Waals surface area contributed by atoms with Gasteiger partial charge in [0.05, 0.1) is 6.54 Å². The lowest BCUT2D eigenvalue weighted by Gasteiger charge is -2.25. The van der Waals surface area contributed by atoms with Gasteiger partial charge in [0.1, 0.15) is 0 Å². The molecule has 1 amide bonds. The van der Waals surface area contributed by atoms with Gasteiger partial charge in [-0.05, 0) is 36.2 Å². The minimum atomic E-state index is 0.0386. The summed E-state index contributed by atoms with van der Waals surface area (Å²) in [4.78, 5) is 14.5. The molecule has 0 aliphatic heterocycles. The highest BCUT2D eigenvalue weighted by Gasteiger charge is 2.18. The van der Waals surface area contributed by atoms with Gasteiger partial charge in [0.2, 0.25) is 5.91 Å². The first kappa shape index (κ1) is 18.8. The van der Waals surface area contributed by atoms with E-state index in [2.05, 4.69) is 70.0 Å². The maximum Gasteiger partial charge on any atom is 0.225 e. The first-order chi connectivity index (χ1) is 11.5. The second-order valence-corrected chi connectivity index (χ2v) is 7.44. The molecule has 130 valence electrons. The van der Waals surface area contributed by atoms with E-state index in [1.807, 2.05) is 18.7 Å². The fourth-order valence-electron chi connectivity index (χ4n) is 2.71. The Balaban J connectivity index is 2.11. The molecule has 0 aliphatic carbocycles. The zero-order valence-electron chi connectivity index (χ0n) is 14.8. The predicted octanol–water partition coefficient (Wildman–Crippen LogP) is 5.08. The van der Waals surface area contributed by atoms with Gasteiger partial charge >= 0.3 is 0 Å². The molecule has 2 aromatic rings. The van der Waals surface area contributed by atoms with Gasteiger partial charge < -0.3 is 9.47 Å². The van der Waals surface area contributed by atoms with Crippen LogP contribution in [0, 0.1) is 5.92 Å². The minimum Gasteiger partial charge on any atom is -0.345 e. The summed E-state index contributed by atoms with van der Waals surface area (Å²) in [5.41, 5.74) is 2.44. The lowest BCUT2D eigenvalue weighted by Crippen LogP contribution is -2.35. The number of halogens is 1. The summed E-state index contributed by atoms with van der Waals surface area (Å²) < 4.78 is 3.32. The number of benzene rings is 1. The molecule has 0 aliphatic rings. The van der Waals surface area contributed by atoms with E-state index in [1.165, 1.54) is 11.3 Å². The lowest BCUT2D eigenvalue weighted by atomic mass is 10.1. The standard InChI is InChI=1S/C20H27BrN2O/c1-4-5-12-23(20(24)16(2)3)15-19-7-6-13-22(19)14-17-8-10-18(21)11-9-17/h6-11,13,16H,4-5,12,14-15H2,1-3H3. The van der Waals surface area contributed by atoms with Crippen molar-refractivity contribution in [1.29, 1.82) is 0 Å². The number of carbonyl (C=O) groups is 1. The van der Waals surface area contributed by atoms with Crippen LogP contribution in [-0.2, 0) is 17.9 Å². The molecule has 1 aromatic heterocycles. The molecular formula is C20H27BrN2O. The first-order valence-corrected chi connectivity index (χ1v) is 9.47. The van der Waals surface area contributed by atoms with E-state index >= 15 is 0 Å². The van der Waals surface area contributed by atoms with E-state index in [0.29, 0.717) is 6.54 Å². The summed E-state index contributed by atoms with van der Waals surface area (Å²) in [6.45, 7) is 8.45. The van der Waals surface area contributed by atoms with Crippen molar-refractivity contribution in [2.75, 3.05) is 6.54 Å². The Morgan fingerprint density at radius 1 is 1.21 bits per heavy atom. The minimum absolute atomic E-state index is 0.0386. The van der Waals surface area contributed by atoms with Crippen molar-refractivity contribution >= 4 is 21.8 Å². The van der Waals surface area contributed by atoms with E-state index in [9.17, 15) is 4.79 Å². The predicted molar refractivity (Wildman–Crippen MR) is 103 cm³/mol. The monoisotopic (exact) mass is 390 g/mol. The Kier molecular flexibility index (Phi) is 7.10. The number of amides is 1. The molecule has 0 saturated heterocycles. The van der Waals surface area contributed by atoms with Crippen LogP contribution in [0.1, 0.15) is 44.9 Å². The first-order valence-electron chi connectivity index (χ1n) is 8.68. The summed E-state index contributed by atoms with van der Waals surface area (Å²) in [5.74, 6) is 0.275. The van der Waals surface area contributed by atoms with Crippen LogP contribution in [0.2, 0.25) is 0 Å². The van der Waals surface area contributed by atoms with Crippen LogP contribution in [0.4, 0.5) is 0 Å². The summed E-state index contributed by atoms with van der Waals surface area (Å²) >= 11 is 3.47. The number of unbranched alkanes of at least 4 members (excludes halogenated alkanes) is 1. The lowest BCUT2D eigenvalue weighted by molar-refractivity contribution is -0.135. The summed E-state index contributed by atoms with van der Waals surface area (Å²) in [6, 6.07) is 12.6. The molecule has 0 radical (unpaired) electrons. The van der Waals surface area contributed by atoms with Crippen molar-refractivity contribution in [2.24, 2.45) is 5.92 Å². The second-order valence-electron chi connectivity index (χ2n) is 6.52. The molecule has 3 nitrogen and oxygen atoms in total. The van der Waals surface area contributed by atoms with Gasteiger partial charge in [0.15, 0.2) is 0 Å². The summed E-state index contributed by atoms with van der Waals surface area (Å²) in [6.07, 6.45) is 4.24. The number of aromatic nitrogens is 1. The molecule has 0 bridgehead atoms. The van der Waals surface area contributed by atoms with E-state index < -0.39 is 0 Å². The Morgan fingerprint density at radius 2 is 1.92 bits per heavy atom. The summed E-state index contributed by atoms with van der Waals surface area (Å²) in [5, 5.41) is 0. The van der Waals surface area contributed by atoms with Crippen molar-refractivity contribution in [2.45, 2.75) is 46.7 Å². The van der Waals surface area contributed by atoms with Gasteiger partial charge in [-0.25, -0.2) is 0 Å². The molecule has 0 N–H and O–H groups in total. The van der Waals surface area contributed by atoms with Gasteiger partial charge in [-0.15, -0.1) is 0 Å². The van der Waals surface area contributed by atoms with Crippen molar-refractivity contribution in [3.05, 3.63) is 58.3 Å². The molecule has 0 unspecified atom stereocenters. The number of hydrogen-bond donors (Lipinski definition) is 0. The van der Waals surface area contributed by atoms with E-state index in [4.69, 9.17) is 0 Å². The normalized spacial score (nSPS) is 11.0. The Labute approximate surface area is 153 Å². The largest absolute Gasteiger partial charge is 0.345 e. The van der Waals surface area contributed by atoms with Gasteiger partial charge in [-0.2, -0.15) is 0 Å². The fraction of sp³-hybridized carbons (Fsp3) is 0.450. The average molecular weight is 391 g/mol. The van der Waals surface area contributed by atoms with Gasteiger partial charge in [0, 0.05) is 35.4 Å². The highest BCUT2D eigenvalue weighted by Crippen LogP contribution is 2.15. The SMILES string of the molecule is CCCCN(Cc1cccn1Cc1ccc(Br)cc1)C(=O)C(C)C. The number of hydrogen-bond acceptors (Lipinski definition) is 1. The fourth-order valence-corrected chi connectivity index (χ4v) is 2.97. The molecule has 0 saturated carbocycles. The van der Waals surface area contributed by atoms with Crippen molar-refractivity contribution < 1.29 is 4.79 Å². The van der Waals surface area contributed by atoms with Crippen LogP contribution in [-0.4, -0.2) is 21.9 Å². The van der Waals surface area contributed by atoms with Gasteiger partial charge in [-0.3, -0.25) is 4.79 Å². The number of rotatable bonds is 8. The number of nitrogens with zero attached hydrogens (tertiary/aromatic N) is 2. The van der Waals surface area contributed by atoms with Crippen molar-refractivity contribution in [3.63, 3.8) is 0 Å². The maximum atomic E-state index is 12.5. The topological polar surface area (TPSA) is 25.2 Å². The Morgan fingerprint density at radius 3 is 2.54 bits per heavy atom. The van der Waals surface area contributed by atoms with Crippen molar-refractivity contribution in [1.82, 2.24) is 9.47 Å². The van der Waals surface area contributed by atoms with Crippen LogP contribution in [0.15, 0.2) is 47.1 Å². The molecular weight excluding hydrogens is 364 g/mol. The van der Waals surface area contributed by atoms with Crippen LogP contribution in [0.25, 0.3) is 0 Å². The maximum absolute atomic E-state index is 12.5. The average Bonchev–Trinajstić information content (AvgIpc) is 2.99. The van der Waals surface area contributed by atoms with Gasteiger partial charge in [0.25, 0.3) is 0 Å². The molecule has 4 heteroatoms. The van der Waals surface area contributed by atoms with Gasteiger partial charge in [-0.1, -0.05) is 55.3 Å². The third kappa shape index (κ3) is 5.23. The van der Waals surface area contributed by atoms with E-state index in [-0.39, 0.29) is 11.8 Å². The van der Waals surface area contributed by atoms with Crippen LogP contribution in [0.3, 0.4) is 0 Å². The zero-order valence-corrected chi connectivity index (χ0v) is 16.4. The molecule has 1 heterocycles. The van der Waals surface area contributed by atoms with E-state index in [1.54, 1.807) is 0 Å². The molecule has 24 heavy (non-hydrogen) atoms. The molecule has 0 fully saturated rings. The molecule has 2 rings (SSSR count). The van der Waals surface area contributed by atoms with Crippen LogP contribution < -0.4 is 0 Å². The van der Waals surface area contributed by atoms with E-state index in [0.717, 1.165) is 30.4 Å². The Hall–Kier alpha value is -1.55. The van der Waals surface area contributed by atoms with Crippen LogP contribution >= 0.6 is 15.9 Å². The molecule has 0 spiro atoms.